The SMILES string of the molecule is Cc1cc2c(cc1/C=N/NC(=O)c1cc3ccccc3cc1O)C(C)CC(C)(C)N2C(C)C. The standard InChI is InChI=1S/C28H33N3O2/c1-17(2)31-25-11-18(3)22(13-23(25)19(4)15-28(31,5)6)16-29-30-27(33)24-12-20-9-7-8-10-21(20)14-26(24)32/h7-14,16-17,19,32H,15H2,1-6H3,(H,30,33)/b29-16+. The number of benzene rings is 3. The fraction of sp³-hybridized carbons (Fsp3) is 0.357. The van der Waals surface area contributed by atoms with Crippen LogP contribution in [0.2, 0.25) is 0 Å². The number of aryl methyl sites for hydroxylation is 1. The molecule has 4 rings (SSSR count). The number of nitrogens with zero attached hydrogens (tertiary/aromatic N) is 2. The van der Waals surface area contributed by atoms with Gasteiger partial charge in [-0.05, 0) is 98.7 Å². The van der Waals surface area contributed by atoms with E-state index in [4.69, 9.17) is 0 Å². The number of fused-ring (bicyclic) bond motifs is 2. The third-order valence-electron chi connectivity index (χ3n) is 6.66. The molecule has 3 aromatic carbocycles. The number of nitrogens with one attached hydrogen (secondary N) is 1. The van der Waals surface area contributed by atoms with Crippen molar-refractivity contribution in [1.82, 2.24) is 5.43 Å². The lowest BCUT2D eigenvalue weighted by Gasteiger charge is -2.50. The van der Waals surface area contributed by atoms with E-state index in [2.05, 4.69) is 69.1 Å². The van der Waals surface area contributed by atoms with Gasteiger partial charge < -0.3 is 10.0 Å². The van der Waals surface area contributed by atoms with E-state index in [0.29, 0.717) is 12.0 Å². The predicted molar refractivity (Wildman–Crippen MR) is 137 cm³/mol. The van der Waals surface area contributed by atoms with Crippen LogP contribution in [0.25, 0.3) is 10.8 Å². The van der Waals surface area contributed by atoms with Gasteiger partial charge in [0.25, 0.3) is 5.91 Å². The Labute approximate surface area is 196 Å². The molecular weight excluding hydrogens is 410 g/mol. The summed E-state index contributed by atoms with van der Waals surface area (Å²) in [5.41, 5.74) is 7.56. The third kappa shape index (κ3) is 4.32. The number of hydrogen-bond donors (Lipinski definition) is 2. The molecule has 0 saturated heterocycles. The van der Waals surface area contributed by atoms with Crippen LogP contribution < -0.4 is 10.3 Å². The Bertz CT molecular complexity index is 1240. The molecule has 1 atom stereocenters. The van der Waals surface area contributed by atoms with Gasteiger partial charge in [-0.15, -0.1) is 0 Å². The first kappa shape index (κ1) is 22.8. The van der Waals surface area contributed by atoms with E-state index in [1.165, 1.54) is 11.3 Å². The van der Waals surface area contributed by atoms with Crippen molar-refractivity contribution in [3.63, 3.8) is 0 Å². The zero-order valence-electron chi connectivity index (χ0n) is 20.3. The van der Waals surface area contributed by atoms with E-state index in [-0.39, 0.29) is 16.9 Å². The highest BCUT2D eigenvalue weighted by molar-refractivity contribution is 6.01. The average molecular weight is 444 g/mol. The van der Waals surface area contributed by atoms with E-state index in [1.54, 1.807) is 18.3 Å². The monoisotopic (exact) mass is 443 g/mol. The number of carbonyl (C=O) groups excluding carboxylic acids is 1. The molecule has 1 unspecified atom stereocenters. The van der Waals surface area contributed by atoms with Gasteiger partial charge in [-0.1, -0.05) is 31.2 Å². The fourth-order valence-electron chi connectivity index (χ4n) is 5.36. The van der Waals surface area contributed by atoms with E-state index in [1.807, 2.05) is 24.3 Å². The number of amides is 1. The molecule has 1 aliphatic heterocycles. The Morgan fingerprint density at radius 3 is 2.52 bits per heavy atom. The highest BCUT2D eigenvalue weighted by atomic mass is 16.3. The van der Waals surface area contributed by atoms with Gasteiger partial charge in [0, 0.05) is 17.3 Å². The molecule has 1 amide bonds. The van der Waals surface area contributed by atoms with E-state index < -0.39 is 5.91 Å². The molecular formula is C28H33N3O2. The Balaban J connectivity index is 1.59. The smallest absolute Gasteiger partial charge is 0.275 e. The van der Waals surface area contributed by atoms with Crippen LogP contribution in [0, 0.1) is 6.92 Å². The summed E-state index contributed by atoms with van der Waals surface area (Å²) in [5.74, 6) is -0.0651. The molecule has 0 spiro atoms. The van der Waals surface area contributed by atoms with Crippen molar-refractivity contribution in [2.45, 2.75) is 65.5 Å². The van der Waals surface area contributed by atoms with Crippen LogP contribution in [-0.4, -0.2) is 28.8 Å². The molecule has 5 heteroatoms. The van der Waals surface area contributed by atoms with Gasteiger partial charge in [0.2, 0.25) is 0 Å². The van der Waals surface area contributed by atoms with Crippen molar-refractivity contribution in [3.8, 4) is 5.75 Å². The molecule has 1 heterocycles. The number of phenolic OH excluding ortho intramolecular Hbond substituents is 1. The minimum atomic E-state index is -0.439. The predicted octanol–water partition coefficient (Wildman–Crippen LogP) is 6.12. The second kappa shape index (κ2) is 8.54. The van der Waals surface area contributed by atoms with Gasteiger partial charge in [0.1, 0.15) is 5.75 Å². The molecule has 0 saturated carbocycles. The van der Waals surface area contributed by atoms with E-state index in [0.717, 1.165) is 28.3 Å². The summed E-state index contributed by atoms with van der Waals surface area (Å²) in [5, 5.41) is 16.3. The zero-order chi connectivity index (χ0) is 23.9. The van der Waals surface area contributed by atoms with Crippen LogP contribution in [0.5, 0.6) is 5.75 Å². The molecule has 2 N–H and O–H groups in total. The molecule has 33 heavy (non-hydrogen) atoms. The summed E-state index contributed by atoms with van der Waals surface area (Å²) < 4.78 is 0. The minimum absolute atomic E-state index is 0.0587. The fourth-order valence-corrected chi connectivity index (χ4v) is 5.36. The lowest BCUT2D eigenvalue weighted by Crippen LogP contribution is -2.51. The summed E-state index contributed by atoms with van der Waals surface area (Å²) in [6.45, 7) is 13.5. The number of hydrazone groups is 1. The molecule has 1 aliphatic rings. The van der Waals surface area contributed by atoms with Crippen molar-refractivity contribution in [2.75, 3.05) is 4.90 Å². The Morgan fingerprint density at radius 1 is 1.18 bits per heavy atom. The first-order valence-electron chi connectivity index (χ1n) is 11.6. The Morgan fingerprint density at radius 2 is 1.85 bits per heavy atom. The van der Waals surface area contributed by atoms with Crippen LogP contribution in [-0.2, 0) is 0 Å². The highest BCUT2D eigenvalue weighted by Gasteiger charge is 2.37. The number of hydrogen-bond acceptors (Lipinski definition) is 4. The van der Waals surface area contributed by atoms with E-state index in [9.17, 15) is 9.90 Å². The van der Waals surface area contributed by atoms with Gasteiger partial charge >= 0.3 is 0 Å². The average Bonchev–Trinajstić information content (AvgIpc) is 2.73. The van der Waals surface area contributed by atoms with Gasteiger partial charge in [-0.3, -0.25) is 4.79 Å². The third-order valence-corrected chi connectivity index (χ3v) is 6.66. The van der Waals surface area contributed by atoms with Crippen molar-refractivity contribution < 1.29 is 9.90 Å². The molecule has 0 radical (unpaired) electrons. The van der Waals surface area contributed by atoms with Gasteiger partial charge in [-0.2, -0.15) is 5.10 Å². The number of carbonyl (C=O) groups is 1. The maximum Gasteiger partial charge on any atom is 0.275 e. The topological polar surface area (TPSA) is 64.9 Å². The van der Waals surface area contributed by atoms with Crippen LogP contribution in [0.15, 0.2) is 53.6 Å². The molecule has 0 aromatic heterocycles. The van der Waals surface area contributed by atoms with Crippen LogP contribution in [0.1, 0.15) is 74.0 Å². The Hall–Kier alpha value is -3.34. The van der Waals surface area contributed by atoms with Crippen molar-refractivity contribution in [2.24, 2.45) is 5.10 Å². The highest BCUT2D eigenvalue weighted by Crippen LogP contribution is 2.45. The van der Waals surface area contributed by atoms with Gasteiger partial charge in [0.05, 0.1) is 11.8 Å². The number of anilines is 1. The molecule has 3 aromatic rings. The first-order chi connectivity index (χ1) is 15.6. The van der Waals surface area contributed by atoms with Crippen LogP contribution in [0.3, 0.4) is 0 Å². The molecule has 5 nitrogen and oxygen atoms in total. The number of phenols is 1. The minimum Gasteiger partial charge on any atom is -0.507 e. The van der Waals surface area contributed by atoms with Crippen molar-refractivity contribution in [3.05, 3.63) is 70.8 Å². The van der Waals surface area contributed by atoms with Crippen molar-refractivity contribution in [1.29, 1.82) is 0 Å². The Kier molecular flexibility index (Phi) is 5.91. The number of rotatable bonds is 4. The normalized spacial score (nSPS) is 17.5. The number of aromatic hydroxyl groups is 1. The summed E-state index contributed by atoms with van der Waals surface area (Å²) in [6, 6.07) is 15.7. The first-order valence-corrected chi connectivity index (χ1v) is 11.6. The maximum atomic E-state index is 12.7. The molecule has 0 aliphatic carbocycles. The summed E-state index contributed by atoms with van der Waals surface area (Å²) in [4.78, 5) is 15.2. The lowest BCUT2D eigenvalue weighted by atomic mass is 9.78. The summed E-state index contributed by atoms with van der Waals surface area (Å²) in [6.07, 6.45) is 2.77. The second-order valence-electron chi connectivity index (χ2n) is 10.1. The second-order valence-corrected chi connectivity index (χ2v) is 10.1. The molecule has 0 fully saturated rings. The lowest BCUT2D eigenvalue weighted by molar-refractivity contribution is 0.0952. The molecule has 172 valence electrons. The zero-order valence-corrected chi connectivity index (χ0v) is 20.3. The van der Waals surface area contributed by atoms with Crippen LogP contribution >= 0.6 is 0 Å². The van der Waals surface area contributed by atoms with Crippen LogP contribution in [0.4, 0.5) is 5.69 Å². The largest absolute Gasteiger partial charge is 0.507 e. The van der Waals surface area contributed by atoms with Gasteiger partial charge in [0.15, 0.2) is 0 Å². The quantitative estimate of drug-likeness (QED) is 0.377. The van der Waals surface area contributed by atoms with Gasteiger partial charge in [-0.25, -0.2) is 5.43 Å². The summed E-state index contributed by atoms with van der Waals surface area (Å²) >= 11 is 0. The van der Waals surface area contributed by atoms with Crippen molar-refractivity contribution >= 4 is 28.6 Å². The summed E-state index contributed by atoms with van der Waals surface area (Å²) in [7, 11) is 0. The maximum absolute atomic E-state index is 12.7. The molecule has 0 bridgehead atoms. The van der Waals surface area contributed by atoms with E-state index >= 15 is 0 Å².